The maximum absolute atomic E-state index is 4.25. The van der Waals surface area contributed by atoms with Crippen molar-refractivity contribution in [2.24, 2.45) is 0 Å². The maximum Gasteiger partial charge on any atom is 0.179 e. The summed E-state index contributed by atoms with van der Waals surface area (Å²) in [4.78, 5) is 5.50. The molecule has 1 heterocycles. The van der Waals surface area contributed by atoms with Crippen molar-refractivity contribution in [2.45, 2.75) is 17.6 Å². The largest absolute Gasteiger partial charge is 0.212 e. The standard InChI is InChI=1S/C10H9BrN2S2/c1-7-2-4-8(5-3-7)14-6-9-12-10(11)15-13-9/h2-5H,6H2,1H3. The van der Waals surface area contributed by atoms with Crippen LogP contribution in [0.1, 0.15) is 11.4 Å². The van der Waals surface area contributed by atoms with Crippen molar-refractivity contribution in [1.82, 2.24) is 9.36 Å². The van der Waals surface area contributed by atoms with Crippen molar-refractivity contribution in [2.75, 3.05) is 0 Å². The molecule has 0 fully saturated rings. The monoisotopic (exact) mass is 300 g/mol. The van der Waals surface area contributed by atoms with Gasteiger partial charge in [-0.15, -0.1) is 11.8 Å². The van der Waals surface area contributed by atoms with Gasteiger partial charge in [0.1, 0.15) is 0 Å². The molecule has 0 spiro atoms. The minimum absolute atomic E-state index is 0.825. The number of benzene rings is 1. The zero-order valence-electron chi connectivity index (χ0n) is 8.11. The number of rotatable bonds is 3. The SMILES string of the molecule is Cc1ccc(SCc2nsc(Br)n2)cc1. The molecule has 2 aromatic rings. The van der Waals surface area contributed by atoms with E-state index in [4.69, 9.17) is 0 Å². The summed E-state index contributed by atoms with van der Waals surface area (Å²) < 4.78 is 5.06. The van der Waals surface area contributed by atoms with Gasteiger partial charge < -0.3 is 0 Å². The third-order valence-corrected chi connectivity index (χ3v) is 4.00. The van der Waals surface area contributed by atoms with Crippen LogP contribution in [0.4, 0.5) is 0 Å². The van der Waals surface area contributed by atoms with Crippen molar-refractivity contribution in [1.29, 1.82) is 0 Å². The zero-order chi connectivity index (χ0) is 10.7. The Morgan fingerprint density at radius 3 is 2.67 bits per heavy atom. The van der Waals surface area contributed by atoms with Gasteiger partial charge in [0.25, 0.3) is 0 Å². The van der Waals surface area contributed by atoms with Crippen molar-refractivity contribution in [3.05, 3.63) is 39.6 Å². The molecule has 2 rings (SSSR count). The highest BCUT2D eigenvalue weighted by Gasteiger charge is 2.02. The first-order chi connectivity index (χ1) is 7.24. The highest BCUT2D eigenvalue weighted by molar-refractivity contribution is 9.11. The fourth-order valence-corrected chi connectivity index (χ4v) is 2.76. The lowest BCUT2D eigenvalue weighted by atomic mass is 10.2. The van der Waals surface area contributed by atoms with Crippen LogP contribution in [-0.4, -0.2) is 9.36 Å². The summed E-state index contributed by atoms with van der Waals surface area (Å²) in [6.07, 6.45) is 0. The first-order valence-electron chi connectivity index (χ1n) is 4.41. The van der Waals surface area contributed by atoms with Crippen LogP contribution in [0.2, 0.25) is 0 Å². The van der Waals surface area contributed by atoms with E-state index >= 15 is 0 Å². The first-order valence-corrected chi connectivity index (χ1v) is 6.97. The quantitative estimate of drug-likeness (QED) is 0.804. The van der Waals surface area contributed by atoms with Crippen LogP contribution < -0.4 is 0 Å². The normalized spacial score (nSPS) is 10.5. The molecule has 0 aliphatic rings. The predicted octanol–water partition coefficient (Wildman–Crippen LogP) is 3.90. The van der Waals surface area contributed by atoms with E-state index in [1.54, 1.807) is 11.8 Å². The molecule has 0 atom stereocenters. The lowest BCUT2D eigenvalue weighted by molar-refractivity contribution is 1.12. The van der Waals surface area contributed by atoms with E-state index in [1.165, 1.54) is 22.0 Å². The smallest absolute Gasteiger partial charge is 0.179 e. The van der Waals surface area contributed by atoms with E-state index in [1.807, 2.05) is 0 Å². The van der Waals surface area contributed by atoms with Gasteiger partial charge in [0.05, 0.1) is 5.75 Å². The number of nitrogens with zero attached hydrogens (tertiary/aromatic N) is 2. The van der Waals surface area contributed by atoms with Crippen LogP contribution in [0, 0.1) is 6.92 Å². The Kier molecular flexibility index (Phi) is 3.77. The van der Waals surface area contributed by atoms with Crippen LogP contribution >= 0.6 is 39.2 Å². The topological polar surface area (TPSA) is 25.8 Å². The fraction of sp³-hybridized carbons (Fsp3) is 0.200. The second-order valence-electron chi connectivity index (χ2n) is 3.07. The third kappa shape index (κ3) is 3.29. The van der Waals surface area contributed by atoms with Crippen molar-refractivity contribution in [3.8, 4) is 0 Å². The van der Waals surface area contributed by atoms with Crippen molar-refractivity contribution in [3.63, 3.8) is 0 Å². The molecule has 2 nitrogen and oxygen atoms in total. The van der Waals surface area contributed by atoms with E-state index in [2.05, 4.69) is 56.5 Å². The molecule has 0 radical (unpaired) electrons. The molecule has 0 saturated heterocycles. The molecule has 0 saturated carbocycles. The van der Waals surface area contributed by atoms with Crippen LogP contribution in [0.5, 0.6) is 0 Å². The van der Waals surface area contributed by atoms with Crippen molar-refractivity contribution < 1.29 is 0 Å². The molecular weight excluding hydrogens is 292 g/mol. The molecule has 5 heteroatoms. The molecule has 0 aliphatic carbocycles. The van der Waals surface area contributed by atoms with Gasteiger partial charge in [0.2, 0.25) is 0 Å². The van der Waals surface area contributed by atoms with Crippen LogP contribution in [0.15, 0.2) is 33.1 Å². The Bertz CT molecular complexity index is 439. The Balaban J connectivity index is 1.96. The second-order valence-corrected chi connectivity index (χ2v) is 6.14. The van der Waals surface area contributed by atoms with Gasteiger partial charge >= 0.3 is 0 Å². The summed E-state index contributed by atoms with van der Waals surface area (Å²) in [6.45, 7) is 2.09. The minimum Gasteiger partial charge on any atom is -0.212 e. The highest BCUT2D eigenvalue weighted by Crippen LogP contribution is 2.23. The van der Waals surface area contributed by atoms with Gasteiger partial charge in [-0.25, -0.2) is 4.98 Å². The number of thioether (sulfide) groups is 1. The third-order valence-electron chi connectivity index (χ3n) is 1.83. The number of aryl methyl sites for hydroxylation is 1. The summed E-state index contributed by atoms with van der Waals surface area (Å²) in [5.74, 6) is 1.71. The average Bonchev–Trinajstić information content (AvgIpc) is 2.64. The lowest BCUT2D eigenvalue weighted by Crippen LogP contribution is -1.83. The Morgan fingerprint density at radius 2 is 2.07 bits per heavy atom. The summed E-state index contributed by atoms with van der Waals surface area (Å²) in [5, 5.41) is 0. The molecule has 1 aromatic heterocycles. The fourth-order valence-electron chi connectivity index (χ4n) is 1.07. The molecule has 0 aliphatic heterocycles. The Labute approximate surface area is 105 Å². The van der Waals surface area contributed by atoms with E-state index in [0.29, 0.717) is 0 Å². The second kappa shape index (κ2) is 5.09. The zero-order valence-corrected chi connectivity index (χ0v) is 11.3. The van der Waals surface area contributed by atoms with Crippen LogP contribution in [0.3, 0.4) is 0 Å². The first kappa shape index (κ1) is 11.1. The van der Waals surface area contributed by atoms with E-state index < -0.39 is 0 Å². The number of halogens is 1. The number of aromatic nitrogens is 2. The number of hydrogen-bond acceptors (Lipinski definition) is 4. The minimum atomic E-state index is 0.825. The molecular formula is C10H9BrN2S2. The van der Waals surface area contributed by atoms with Crippen LogP contribution in [-0.2, 0) is 5.75 Å². The highest BCUT2D eigenvalue weighted by atomic mass is 79.9. The predicted molar refractivity (Wildman–Crippen MR) is 68.3 cm³/mol. The van der Waals surface area contributed by atoms with Gasteiger partial charge in [0, 0.05) is 4.90 Å². The summed E-state index contributed by atoms with van der Waals surface area (Å²) in [6, 6.07) is 8.49. The van der Waals surface area contributed by atoms with Crippen molar-refractivity contribution >= 4 is 39.2 Å². The van der Waals surface area contributed by atoms with Crippen LogP contribution in [0.25, 0.3) is 0 Å². The van der Waals surface area contributed by atoms with E-state index in [9.17, 15) is 0 Å². The average molecular weight is 301 g/mol. The number of hydrogen-bond donors (Lipinski definition) is 0. The molecule has 78 valence electrons. The molecule has 0 unspecified atom stereocenters. The van der Waals surface area contributed by atoms with Gasteiger partial charge in [0.15, 0.2) is 9.74 Å². The summed E-state index contributed by atoms with van der Waals surface area (Å²) in [7, 11) is 0. The molecule has 0 N–H and O–H groups in total. The summed E-state index contributed by atoms with van der Waals surface area (Å²) >= 11 is 6.44. The lowest BCUT2D eigenvalue weighted by Gasteiger charge is -1.98. The van der Waals surface area contributed by atoms with Gasteiger partial charge in [-0.2, -0.15) is 4.37 Å². The maximum atomic E-state index is 4.25. The van der Waals surface area contributed by atoms with E-state index in [-0.39, 0.29) is 0 Å². The Morgan fingerprint density at radius 1 is 1.33 bits per heavy atom. The molecule has 0 bridgehead atoms. The van der Waals surface area contributed by atoms with Gasteiger partial charge in [-0.1, -0.05) is 17.7 Å². The van der Waals surface area contributed by atoms with E-state index in [0.717, 1.165) is 15.5 Å². The summed E-state index contributed by atoms with van der Waals surface area (Å²) in [5.41, 5.74) is 1.29. The van der Waals surface area contributed by atoms with Gasteiger partial charge in [-0.3, -0.25) is 0 Å². The molecule has 15 heavy (non-hydrogen) atoms. The molecule has 0 amide bonds. The Hall–Kier alpha value is -0.390. The van der Waals surface area contributed by atoms with Gasteiger partial charge in [-0.05, 0) is 46.5 Å². The molecule has 1 aromatic carbocycles.